The minimum absolute atomic E-state index is 0.0181. The first-order chi connectivity index (χ1) is 12.2. The molecule has 1 aliphatic heterocycles. The summed E-state index contributed by atoms with van der Waals surface area (Å²) in [7, 11) is 0. The van der Waals surface area contributed by atoms with Gasteiger partial charge >= 0.3 is 0 Å². The quantitative estimate of drug-likeness (QED) is 0.917. The molecule has 1 amide bonds. The zero-order chi connectivity index (χ0) is 17.2. The minimum Gasteiger partial charge on any atom is -0.508 e. The van der Waals surface area contributed by atoms with E-state index in [4.69, 9.17) is 0 Å². The van der Waals surface area contributed by atoms with Crippen molar-refractivity contribution in [2.24, 2.45) is 0 Å². The van der Waals surface area contributed by atoms with Gasteiger partial charge in [-0.2, -0.15) is 0 Å². The van der Waals surface area contributed by atoms with Crippen molar-refractivity contribution in [3.05, 3.63) is 65.2 Å². The van der Waals surface area contributed by atoms with Crippen LogP contribution in [0.2, 0.25) is 0 Å². The lowest BCUT2D eigenvalue weighted by Crippen LogP contribution is -2.53. The molecule has 1 N–H and O–H groups in total. The topological polar surface area (TPSA) is 43.8 Å². The van der Waals surface area contributed by atoms with Gasteiger partial charge in [0.1, 0.15) is 5.75 Å². The molecule has 0 aromatic heterocycles. The minimum atomic E-state index is 0.0181. The van der Waals surface area contributed by atoms with E-state index in [-0.39, 0.29) is 11.7 Å². The van der Waals surface area contributed by atoms with Crippen molar-refractivity contribution in [2.45, 2.75) is 25.3 Å². The Bertz CT molecular complexity index is 766. The van der Waals surface area contributed by atoms with Crippen LogP contribution in [0.25, 0.3) is 0 Å². The summed E-state index contributed by atoms with van der Waals surface area (Å²) in [5.74, 6) is 0.162. The molecule has 1 atom stereocenters. The van der Waals surface area contributed by atoms with Gasteiger partial charge in [0.05, 0.1) is 0 Å². The summed E-state index contributed by atoms with van der Waals surface area (Å²) < 4.78 is 0. The lowest BCUT2D eigenvalue weighted by molar-refractivity contribution is 0.0552. The highest BCUT2D eigenvalue weighted by Crippen LogP contribution is 2.25. The third-order valence-electron chi connectivity index (χ3n) is 5.53. The van der Waals surface area contributed by atoms with Crippen LogP contribution in [-0.4, -0.2) is 53.0 Å². The lowest BCUT2D eigenvalue weighted by Gasteiger charge is -2.41. The number of carbonyl (C=O) groups excluding carboxylic acids is 1. The molecule has 1 fully saturated rings. The van der Waals surface area contributed by atoms with E-state index in [1.165, 1.54) is 17.5 Å². The maximum Gasteiger partial charge on any atom is 0.254 e. The van der Waals surface area contributed by atoms with E-state index >= 15 is 0 Å². The van der Waals surface area contributed by atoms with Crippen LogP contribution in [0.15, 0.2) is 48.5 Å². The standard InChI is InChI=1S/C21H24N2O2/c24-20-7-3-6-18(15-20)21(25)23-12-10-22(11-13-23)19-9-8-16-4-1-2-5-17(16)14-19/h1-7,15,19,24H,8-14H2/t19-/m0/s1. The van der Waals surface area contributed by atoms with Crippen LogP contribution in [0, 0.1) is 0 Å². The van der Waals surface area contributed by atoms with E-state index < -0.39 is 0 Å². The molecule has 25 heavy (non-hydrogen) atoms. The number of piperazine rings is 1. The Kier molecular flexibility index (Phi) is 4.45. The number of phenolic OH excluding ortho intramolecular Hbond substituents is 1. The van der Waals surface area contributed by atoms with Gasteiger partial charge in [-0.1, -0.05) is 30.3 Å². The second-order valence-corrected chi connectivity index (χ2v) is 7.04. The Morgan fingerprint density at radius 2 is 1.72 bits per heavy atom. The highest BCUT2D eigenvalue weighted by atomic mass is 16.3. The summed E-state index contributed by atoms with van der Waals surface area (Å²) in [4.78, 5) is 17.0. The molecule has 0 saturated carbocycles. The Labute approximate surface area is 148 Å². The molecule has 130 valence electrons. The fourth-order valence-electron chi connectivity index (χ4n) is 4.10. The van der Waals surface area contributed by atoms with Crippen LogP contribution in [0.5, 0.6) is 5.75 Å². The summed E-state index contributed by atoms with van der Waals surface area (Å²) in [5.41, 5.74) is 3.55. The molecule has 0 radical (unpaired) electrons. The first-order valence-corrected chi connectivity index (χ1v) is 9.10. The van der Waals surface area contributed by atoms with E-state index in [9.17, 15) is 9.90 Å². The molecule has 4 nitrogen and oxygen atoms in total. The average Bonchev–Trinajstić information content (AvgIpc) is 2.67. The number of amides is 1. The number of hydrogen-bond acceptors (Lipinski definition) is 3. The molecule has 2 aliphatic rings. The predicted molar refractivity (Wildman–Crippen MR) is 97.8 cm³/mol. The van der Waals surface area contributed by atoms with Crippen molar-refractivity contribution in [1.82, 2.24) is 9.80 Å². The monoisotopic (exact) mass is 336 g/mol. The third kappa shape index (κ3) is 3.40. The number of benzene rings is 2. The molecule has 1 saturated heterocycles. The first-order valence-electron chi connectivity index (χ1n) is 9.10. The number of fused-ring (bicyclic) bond motifs is 1. The number of aromatic hydroxyl groups is 1. The fraction of sp³-hybridized carbons (Fsp3) is 0.381. The van der Waals surface area contributed by atoms with Gasteiger partial charge in [-0.05, 0) is 48.6 Å². The van der Waals surface area contributed by atoms with Crippen molar-refractivity contribution in [3.8, 4) is 5.75 Å². The van der Waals surface area contributed by atoms with Crippen molar-refractivity contribution in [3.63, 3.8) is 0 Å². The summed E-state index contributed by atoms with van der Waals surface area (Å²) in [5, 5.41) is 9.57. The number of phenols is 1. The van der Waals surface area contributed by atoms with Gasteiger partial charge in [0.2, 0.25) is 0 Å². The largest absolute Gasteiger partial charge is 0.508 e. The molecule has 0 spiro atoms. The Balaban J connectivity index is 1.37. The molecule has 4 heteroatoms. The third-order valence-corrected chi connectivity index (χ3v) is 5.53. The van der Waals surface area contributed by atoms with Gasteiger partial charge in [-0.25, -0.2) is 0 Å². The molecule has 0 bridgehead atoms. The molecule has 1 aliphatic carbocycles. The van der Waals surface area contributed by atoms with Crippen molar-refractivity contribution in [2.75, 3.05) is 26.2 Å². The normalized spacial score (nSPS) is 21.0. The van der Waals surface area contributed by atoms with Crippen LogP contribution in [-0.2, 0) is 12.8 Å². The smallest absolute Gasteiger partial charge is 0.254 e. The number of carbonyl (C=O) groups is 1. The van der Waals surface area contributed by atoms with E-state index in [0.717, 1.165) is 39.0 Å². The molecule has 2 aromatic rings. The lowest BCUT2D eigenvalue weighted by atomic mass is 9.87. The summed E-state index contributed by atoms with van der Waals surface area (Å²) in [6, 6.07) is 16.0. The second-order valence-electron chi connectivity index (χ2n) is 7.04. The number of nitrogens with zero attached hydrogens (tertiary/aromatic N) is 2. The van der Waals surface area contributed by atoms with Gasteiger partial charge in [-0.3, -0.25) is 9.69 Å². The highest BCUT2D eigenvalue weighted by molar-refractivity contribution is 5.94. The zero-order valence-electron chi connectivity index (χ0n) is 14.4. The number of aryl methyl sites for hydroxylation is 1. The maximum absolute atomic E-state index is 12.6. The Morgan fingerprint density at radius 1 is 0.960 bits per heavy atom. The average molecular weight is 336 g/mol. The highest BCUT2D eigenvalue weighted by Gasteiger charge is 2.28. The van der Waals surface area contributed by atoms with Crippen molar-refractivity contribution in [1.29, 1.82) is 0 Å². The van der Waals surface area contributed by atoms with Gasteiger partial charge < -0.3 is 10.0 Å². The van der Waals surface area contributed by atoms with Gasteiger partial charge in [0.25, 0.3) is 5.91 Å². The SMILES string of the molecule is O=C(c1cccc(O)c1)N1CCN([C@H]2CCc3ccccc3C2)CC1. The van der Waals surface area contributed by atoms with E-state index in [1.54, 1.807) is 24.3 Å². The van der Waals surface area contributed by atoms with Crippen LogP contribution in [0.1, 0.15) is 27.9 Å². The van der Waals surface area contributed by atoms with E-state index in [2.05, 4.69) is 29.2 Å². The van der Waals surface area contributed by atoms with Crippen LogP contribution in [0.4, 0.5) is 0 Å². The van der Waals surface area contributed by atoms with Crippen LogP contribution >= 0.6 is 0 Å². The summed E-state index contributed by atoms with van der Waals surface area (Å²) in [6.45, 7) is 3.37. The van der Waals surface area contributed by atoms with Gasteiger partial charge in [0, 0.05) is 37.8 Å². The second kappa shape index (κ2) is 6.89. The predicted octanol–water partition coefficient (Wildman–Crippen LogP) is 2.71. The van der Waals surface area contributed by atoms with E-state index in [1.807, 2.05) is 4.90 Å². The van der Waals surface area contributed by atoms with E-state index in [0.29, 0.717) is 11.6 Å². The van der Waals surface area contributed by atoms with Gasteiger partial charge in [-0.15, -0.1) is 0 Å². The molecule has 2 aromatic carbocycles. The Morgan fingerprint density at radius 3 is 2.48 bits per heavy atom. The maximum atomic E-state index is 12.6. The molecule has 4 rings (SSSR count). The first kappa shape index (κ1) is 16.2. The Hall–Kier alpha value is -2.33. The molecule has 1 heterocycles. The molecular weight excluding hydrogens is 312 g/mol. The number of rotatable bonds is 2. The summed E-state index contributed by atoms with van der Waals surface area (Å²) in [6.07, 6.45) is 3.48. The number of hydrogen-bond donors (Lipinski definition) is 1. The van der Waals surface area contributed by atoms with Gasteiger partial charge in [0.15, 0.2) is 0 Å². The molecule has 0 unspecified atom stereocenters. The summed E-state index contributed by atoms with van der Waals surface area (Å²) >= 11 is 0. The zero-order valence-corrected chi connectivity index (χ0v) is 14.4. The van der Waals surface area contributed by atoms with Crippen molar-refractivity contribution < 1.29 is 9.90 Å². The molecular formula is C21H24N2O2. The van der Waals surface area contributed by atoms with Crippen LogP contribution < -0.4 is 0 Å². The van der Waals surface area contributed by atoms with Crippen LogP contribution in [0.3, 0.4) is 0 Å². The fourth-order valence-corrected chi connectivity index (χ4v) is 4.10. The van der Waals surface area contributed by atoms with Crippen molar-refractivity contribution >= 4 is 5.91 Å².